The molecule has 1 unspecified atom stereocenters. The maximum Gasteiger partial charge on any atom is 0.307 e. The van der Waals surface area contributed by atoms with Gasteiger partial charge in [-0.1, -0.05) is 55.5 Å². The van der Waals surface area contributed by atoms with E-state index in [-0.39, 0.29) is 0 Å². The Labute approximate surface area is 136 Å². The molecule has 1 aliphatic rings. The van der Waals surface area contributed by atoms with Crippen molar-refractivity contribution >= 4 is 18.0 Å². The summed E-state index contributed by atoms with van der Waals surface area (Å²) in [5, 5.41) is 1.55. The van der Waals surface area contributed by atoms with Gasteiger partial charge in [0.05, 0.1) is 10.6 Å². The average Bonchev–Trinajstić information content (AvgIpc) is 2.62. The van der Waals surface area contributed by atoms with Crippen LogP contribution in [0.15, 0.2) is 72.8 Å². The van der Waals surface area contributed by atoms with Crippen LogP contribution in [0, 0.1) is 0 Å². The fourth-order valence-corrected chi connectivity index (χ4v) is 5.40. The van der Waals surface area contributed by atoms with Gasteiger partial charge in [0.25, 0.3) is 0 Å². The molecule has 0 saturated heterocycles. The van der Waals surface area contributed by atoms with Gasteiger partial charge in [0, 0.05) is 5.56 Å². The molecule has 1 heterocycles. The highest BCUT2D eigenvalue weighted by molar-refractivity contribution is 7.75. The lowest BCUT2D eigenvalue weighted by Crippen LogP contribution is -2.25. The largest absolute Gasteiger partial charge is 0.436 e. The van der Waals surface area contributed by atoms with E-state index >= 15 is 0 Å². The van der Waals surface area contributed by atoms with E-state index in [0.717, 1.165) is 33.7 Å². The summed E-state index contributed by atoms with van der Waals surface area (Å²) in [6.07, 6.45) is 0.909. The van der Waals surface area contributed by atoms with Crippen molar-refractivity contribution in [2.45, 2.75) is 13.3 Å². The molecule has 4 rings (SSSR count). The van der Waals surface area contributed by atoms with Crippen molar-refractivity contribution in [3.05, 3.63) is 78.4 Å². The van der Waals surface area contributed by atoms with Crippen molar-refractivity contribution in [2.75, 3.05) is 0 Å². The molecule has 0 aliphatic carbocycles. The molecule has 1 aliphatic heterocycles. The molecule has 3 aromatic carbocycles. The van der Waals surface area contributed by atoms with E-state index in [1.807, 2.05) is 66.7 Å². The second-order valence-corrected chi connectivity index (χ2v) is 7.96. The van der Waals surface area contributed by atoms with Gasteiger partial charge in [-0.05, 0) is 41.8 Å². The van der Waals surface area contributed by atoms with Crippen LogP contribution >= 0.6 is 7.37 Å². The molecule has 0 aromatic heterocycles. The first-order valence-electron chi connectivity index (χ1n) is 7.80. The predicted octanol–water partition coefficient (Wildman–Crippen LogP) is 4.54. The van der Waals surface area contributed by atoms with Crippen LogP contribution in [0.4, 0.5) is 0 Å². The number of para-hydroxylation sites is 1. The Morgan fingerprint density at radius 2 is 1.61 bits per heavy atom. The molecular formula is C20H17O2P. The van der Waals surface area contributed by atoms with Crippen molar-refractivity contribution < 1.29 is 9.09 Å². The first-order valence-corrected chi connectivity index (χ1v) is 9.43. The molecule has 23 heavy (non-hydrogen) atoms. The van der Waals surface area contributed by atoms with E-state index in [2.05, 4.69) is 13.0 Å². The zero-order chi connectivity index (χ0) is 15.9. The van der Waals surface area contributed by atoms with Gasteiger partial charge < -0.3 is 4.52 Å². The summed E-state index contributed by atoms with van der Waals surface area (Å²) in [7, 11) is -3.13. The smallest absolute Gasteiger partial charge is 0.307 e. The highest BCUT2D eigenvalue weighted by Gasteiger charge is 2.37. The van der Waals surface area contributed by atoms with E-state index in [9.17, 15) is 4.57 Å². The first-order chi connectivity index (χ1) is 11.2. The van der Waals surface area contributed by atoms with Crippen LogP contribution in [0.2, 0.25) is 0 Å². The number of rotatable bonds is 2. The summed E-state index contributed by atoms with van der Waals surface area (Å²) in [5.74, 6) is 0.691. The molecule has 0 bridgehead atoms. The first kappa shape index (κ1) is 14.3. The summed E-state index contributed by atoms with van der Waals surface area (Å²) in [6.45, 7) is 2.10. The quantitative estimate of drug-likeness (QED) is 0.648. The summed E-state index contributed by atoms with van der Waals surface area (Å²) in [4.78, 5) is 0. The fraction of sp³-hybridized carbons (Fsp3) is 0.100. The van der Waals surface area contributed by atoms with Gasteiger partial charge in [-0.2, -0.15) is 0 Å². The molecular weight excluding hydrogens is 303 g/mol. The van der Waals surface area contributed by atoms with Crippen molar-refractivity contribution in [3.8, 4) is 16.9 Å². The van der Waals surface area contributed by atoms with Gasteiger partial charge in [0.2, 0.25) is 0 Å². The van der Waals surface area contributed by atoms with Crippen molar-refractivity contribution in [3.63, 3.8) is 0 Å². The zero-order valence-electron chi connectivity index (χ0n) is 12.9. The van der Waals surface area contributed by atoms with Crippen molar-refractivity contribution in [1.82, 2.24) is 0 Å². The van der Waals surface area contributed by atoms with Crippen LogP contribution in [-0.2, 0) is 11.0 Å². The number of hydrogen-bond donors (Lipinski definition) is 0. The van der Waals surface area contributed by atoms with Crippen LogP contribution in [0.1, 0.15) is 12.5 Å². The molecule has 0 saturated carbocycles. The Bertz CT molecular complexity index is 930. The molecule has 3 heteroatoms. The summed E-state index contributed by atoms with van der Waals surface area (Å²) in [6, 6.07) is 23.6. The average molecular weight is 320 g/mol. The number of fused-ring (bicyclic) bond motifs is 3. The van der Waals surface area contributed by atoms with Gasteiger partial charge in [0.15, 0.2) is 0 Å². The Morgan fingerprint density at radius 1 is 0.870 bits per heavy atom. The van der Waals surface area contributed by atoms with Gasteiger partial charge in [-0.3, -0.25) is 4.57 Å². The molecule has 0 spiro atoms. The lowest BCUT2D eigenvalue weighted by atomic mass is 10.0. The van der Waals surface area contributed by atoms with Crippen LogP contribution in [0.5, 0.6) is 5.75 Å². The third-order valence-electron chi connectivity index (χ3n) is 4.28. The molecule has 0 N–H and O–H groups in total. The summed E-state index contributed by atoms with van der Waals surface area (Å²) >= 11 is 0. The minimum atomic E-state index is -3.13. The molecule has 114 valence electrons. The fourth-order valence-electron chi connectivity index (χ4n) is 3.07. The number of aryl methyl sites for hydroxylation is 1. The molecule has 0 amide bonds. The standard InChI is InChI=1S/C20H17O2P/c1-2-15-8-7-9-16(14-15)23(21)20-13-6-4-11-18(20)17-10-3-5-12-19(17)22-23/h3-14H,2H2,1H3. The second kappa shape index (κ2) is 5.40. The van der Waals surface area contributed by atoms with Crippen LogP contribution in [0.25, 0.3) is 11.1 Å². The van der Waals surface area contributed by atoms with Crippen molar-refractivity contribution in [2.24, 2.45) is 0 Å². The lowest BCUT2D eigenvalue weighted by molar-refractivity contribution is 0.501. The van der Waals surface area contributed by atoms with E-state index in [4.69, 9.17) is 4.52 Å². The maximum atomic E-state index is 13.9. The van der Waals surface area contributed by atoms with E-state index in [0.29, 0.717) is 5.75 Å². The van der Waals surface area contributed by atoms with E-state index in [1.165, 1.54) is 0 Å². The SMILES string of the molecule is CCc1cccc(P2(=O)Oc3ccccc3-c3ccccc32)c1. The highest BCUT2D eigenvalue weighted by atomic mass is 31.2. The van der Waals surface area contributed by atoms with Gasteiger partial charge in [0.1, 0.15) is 5.75 Å². The molecule has 3 aromatic rings. The third-order valence-corrected chi connectivity index (χ3v) is 6.72. The molecule has 0 radical (unpaired) electrons. The molecule has 1 atom stereocenters. The maximum absolute atomic E-state index is 13.9. The van der Waals surface area contributed by atoms with Gasteiger partial charge in [-0.25, -0.2) is 0 Å². The normalized spacial score (nSPS) is 18.7. The molecule has 0 fully saturated rings. The minimum Gasteiger partial charge on any atom is -0.436 e. The Balaban J connectivity index is 1.98. The zero-order valence-corrected chi connectivity index (χ0v) is 13.8. The second-order valence-electron chi connectivity index (χ2n) is 5.68. The van der Waals surface area contributed by atoms with Crippen molar-refractivity contribution in [1.29, 1.82) is 0 Å². The third kappa shape index (κ3) is 2.22. The van der Waals surface area contributed by atoms with Crippen LogP contribution in [0.3, 0.4) is 0 Å². The number of hydrogen-bond acceptors (Lipinski definition) is 2. The molecule has 2 nitrogen and oxygen atoms in total. The van der Waals surface area contributed by atoms with E-state index in [1.54, 1.807) is 0 Å². The van der Waals surface area contributed by atoms with Gasteiger partial charge in [-0.15, -0.1) is 0 Å². The van der Waals surface area contributed by atoms with Gasteiger partial charge >= 0.3 is 7.37 Å². The number of benzene rings is 3. The Kier molecular flexibility index (Phi) is 3.36. The highest BCUT2D eigenvalue weighted by Crippen LogP contribution is 2.53. The van der Waals surface area contributed by atoms with E-state index < -0.39 is 7.37 Å². The predicted molar refractivity (Wildman–Crippen MR) is 95.2 cm³/mol. The Morgan fingerprint density at radius 3 is 2.43 bits per heavy atom. The van der Waals surface area contributed by atoms with Crippen LogP contribution in [-0.4, -0.2) is 0 Å². The summed E-state index contributed by atoms with van der Waals surface area (Å²) < 4.78 is 20.0. The lowest BCUT2D eigenvalue weighted by Gasteiger charge is -2.29. The minimum absolute atomic E-state index is 0.691. The Hall–Kier alpha value is -2.31. The monoisotopic (exact) mass is 320 g/mol. The topological polar surface area (TPSA) is 26.3 Å². The van der Waals surface area contributed by atoms with Crippen LogP contribution < -0.4 is 15.1 Å². The summed E-state index contributed by atoms with van der Waals surface area (Å²) in [5.41, 5.74) is 3.17.